The molecule has 1 aliphatic heterocycles. The second-order valence-corrected chi connectivity index (χ2v) is 4.80. The molecule has 1 amide bonds. The van der Waals surface area contributed by atoms with Gasteiger partial charge in [-0.05, 0) is 37.1 Å². The van der Waals surface area contributed by atoms with Crippen molar-refractivity contribution in [3.8, 4) is 0 Å². The summed E-state index contributed by atoms with van der Waals surface area (Å²) < 4.78 is 25.8. The molecule has 0 aliphatic carbocycles. The summed E-state index contributed by atoms with van der Waals surface area (Å²) in [6, 6.07) is 3.21. The maximum atomic E-state index is 13.0. The van der Waals surface area contributed by atoms with Gasteiger partial charge in [-0.15, -0.1) is 0 Å². The van der Waals surface area contributed by atoms with Crippen LogP contribution in [0.3, 0.4) is 0 Å². The number of hydrogen-bond acceptors (Lipinski definition) is 2. The van der Waals surface area contributed by atoms with E-state index in [2.05, 4.69) is 17.6 Å². The van der Waals surface area contributed by atoms with E-state index in [4.69, 9.17) is 0 Å². The van der Waals surface area contributed by atoms with Crippen molar-refractivity contribution in [1.82, 2.24) is 10.6 Å². The summed E-state index contributed by atoms with van der Waals surface area (Å²) in [6.45, 7) is 3.75. The summed E-state index contributed by atoms with van der Waals surface area (Å²) in [5, 5.41) is 6.03. The second-order valence-electron chi connectivity index (χ2n) is 4.80. The Morgan fingerprint density at radius 2 is 2.11 bits per heavy atom. The van der Waals surface area contributed by atoms with E-state index in [1.165, 1.54) is 6.07 Å². The fraction of sp³-hybridized carbons (Fsp3) is 0.462. The first-order valence-corrected chi connectivity index (χ1v) is 6.03. The molecule has 18 heavy (non-hydrogen) atoms. The first-order valence-electron chi connectivity index (χ1n) is 6.03. The monoisotopic (exact) mass is 254 g/mol. The minimum Gasteiger partial charge on any atom is -0.348 e. The molecule has 2 rings (SSSR count). The average Bonchev–Trinajstić information content (AvgIpc) is 2.32. The van der Waals surface area contributed by atoms with Crippen molar-refractivity contribution < 1.29 is 13.6 Å². The lowest BCUT2D eigenvalue weighted by Gasteiger charge is -2.28. The molecule has 2 N–H and O–H groups in total. The van der Waals surface area contributed by atoms with E-state index >= 15 is 0 Å². The number of carbonyl (C=O) groups excluding carboxylic acids is 1. The molecule has 0 radical (unpaired) electrons. The molecular weight excluding hydrogens is 238 g/mol. The fourth-order valence-corrected chi connectivity index (χ4v) is 2.17. The molecule has 1 saturated heterocycles. The molecule has 0 bridgehead atoms. The molecule has 0 saturated carbocycles. The van der Waals surface area contributed by atoms with Gasteiger partial charge in [0.05, 0.1) is 0 Å². The van der Waals surface area contributed by atoms with Crippen molar-refractivity contribution in [1.29, 1.82) is 0 Å². The van der Waals surface area contributed by atoms with Crippen molar-refractivity contribution >= 4 is 5.91 Å². The van der Waals surface area contributed by atoms with Crippen LogP contribution in [-0.4, -0.2) is 25.0 Å². The highest BCUT2D eigenvalue weighted by molar-refractivity contribution is 5.94. The highest BCUT2D eigenvalue weighted by Gasteiger charge is 2.20. The second kappa shape index (κ2) is 5.44. The molecule has 5 heteroatoms. The highest BCUT2D eigenvalue weighted by Crippen LogP contribution is 2.12. The van der Waals surface area contributed by atoms with Gasteiger partial charge in [-0.3, -0.25) is 4.79 Å². The maximum absolute atomic E-state index is 13.0. The predicted octanol–water partition coefficient (Wildman–Crippen LogP) is 1.69. The molecule has 1 fully saturated rings. The van der Waals surface area contributed by atoms with Gasteiger partial charge in [-0.1, -0.05) is 6.92 Å². The van der Waals surface area contributed by atoms with E-state index in [0.717, 1.165) is 25.1 Å². The lowest BCUT2D eigenvalue weighted by atomic mass is 9.97. The summed E-state index contributed by atoms with van der Waals surface area (Å²) in [7, 11) is 0. The summed E-state index contributed by atoms with van der Waals surface area (Å²) in [5.74, 6) is -1.82. The van der Waals surface area contributed by atoms with Gasteiger partial charge in [0, 0.05) is 18.2 Å². The Morgan fingerprint density at radius 1 is 1.33 bits per heavy atom. The minimum absolute atomic E-state index is 0.0364. The van der Waals surface area contributed by atoms with Crippen molar-refractivity contribution in [2.75, 3.05) is 13.1 Å². The van der Waals surface area contributed by atoms with Crippen LogP contribution in [0.1, 0.15) is 23.7 Å². The van der Waals surface area contributed by atoms with Gasteiger partial charge in [-0.25, -0.2) is 8.78 Å². The molecule has 3 nitrogen and oxygen atoms in total. The Balaban J connectivity index is 2.00. The summed E-state index contributed by atoms with van der Waals surface area (Å²) in [4.78, 5) is 11.9. The number of hydrogen-bond donors (Lipinski definition) is 2. The zero-order valence-electron chi connectivity index (χ0n) is 10.2. The largest absolute Gasteiger partial charge is 0.348 e. The third-order valence-corrected chi connectivity index (χ3v) is 3.09. The van der Waals surface area contributed by atoms with Crippen LogP contribution in [0, 0.1) is 17.6 Å². The van der Waals surface area contributed by atoms with Crippen molar-refractivity contribution in [3.05, 3.63) is 35.4 Å². The van der Waals surface area contributed by atoms with E-state index in [1.807, 2.05) is 0 Å². The van der Waals surface area contributed by atoms with Gasteiger partial charge in [0.25, 0.3) is 5.91 Å². The summed E-state index contributed by atoms with van der Waals surface area (Å²) >= 11 is 0. The molecule has 1 aromatic rings. The molecule has 98 valence electrons. The number of benzene rings is 1. The number of nitrogens with one attached hydrogen (secondary N) is 2. The number of carbonyl (C=O) groups is 1. The summed E-state index contributed by atoms with van der Waals surface area (Å²) in [6.07, 6.45) is 0.891. The van der Waals surface area contributed by atoms with E-state index < -0.39 is 11.6 Å². The zero-order valence-corrected chi connectivity index (χ0v) is 10.2. The number of amides is 1. The molecule has 2 atom stereocenters. The van der Waals surface area contributed by atoms with Crippen molar-refractivity contribution in [2.45, 2.75) is 19.4 Å². The van der Waals surface area contributed by atoms with Gasteiger partial charge >= 0.3 is 0 Å². The summed E-state index contributed by atoms with van der Waals surface area (Å²) in [5.41, 5.74) is 0.145. The highest BCUT2D eigenvalue weighted by atomic mass is 19.2. The Bertz CT molecular complexity index is 451. The fourth-order valence-electron chi connectivity index (χ4n) is 2.17. The number of rotatable bonds is 2. The predicted molar refractivity (Wildman–Crippen MR) is 64.3 cm³/mol. The lowest BCUT2D eigenvalue weighted by Crippen LogP contribution is -2.48. The molecule has 1 aromatic carbocycles. The molecule has 2 unspecified atom stereocenters. The van der Waals surface area contributed by atoms with E-state index in [1.54, 1.807) is 0 Å². The third kappa shape index (κ3) is 3.04. The number of piperidine rings is 1. The Hall–Kier alpha value is -1.49. The topological polar surface area (TPSA) is 41.1 Å². The normalized spacial score (nSPS) is 23.7. The van der Waals surface area contributed by atoms with Gasteiger partial charge in [0.1, 0.15) is 0 Å². The van der Waals surface area contributed by atoms with E-state index in [9.17, 15) is 13.6 Å². The number of halogens is 2. The Morgan fingerprint density at radius 3 is 2.78 bits per heavy atom. The first-order chi connectivity index (χ1) is 8.56. The van der Waals surface area contributed by atoms with Crippen LogP contribution in [0.5, 0.6) is 0 Å². The van der Waals surface area contributed by atoms with Gasteiger partial charge in [0.2, 0.25) is 0 Å². The van der Waals surface area contributed by atoms with E-state index in [-0.39, 0.29) is 17.5 Å². The van der Waals surface area contributed by atoms with Gasteiger partial charge < -0.3 is 10.6 Å². The van der Waals surface area contributed by atoms with Crippen LogP contribution in [0.4, 0.5) is 8.78 Å². The molecule has 1 heterocycles. The Kier molecular flexibility index (Phi) is 3.91. The zero-order chi connectivity index (χ0) is 13.1. The molecular formula is C13H16F2N2O. The standard InChI is InChI=1S/C13H16F2N2O/c1-8-4-10(7-16-6-8)17-13(18)9-2-3-11(14)12(15)5-9/h2-3,5,8,10,16H,4,6-7H2,1H3,(H,17,18). The van der Waals surface area contributed by atoms with Crippen LogP contribution in [0.2, 0.25) is 0 Å². The van der Waals surface area contributed by atoms with Crippen molar-refractivity contribution in [2.24, 2.45) is 5.92 Å². The van der Waals surface area contributed by atoms with Crippen LogP contribution >= 0.6 is 0 Å². The average molecular weight is 254 g/mol. The maximum Gasteiger partial charge on any atom is 0.251 e. The van der Waals surface area contributed by atoms with Crippen molar-refractivity contribution in [3.63, 3.8) is 0 Å². The van der Waals surface area contributed by atoms with Crippen LogP contribution in [0.25, 0.3) is 0 Å². The third-order valence-electron chi connectivity index (χ3n) is 3.09. The first kappa shape index (κ1) is 13.0. The Labute approximate surface area is 105 Å². The van der Waals surface area contributed by atoms with Crippen LogP contribution in [-0.2, 0) is 0 Å². The molecule has 1 aliphatic rings. The SMILES string of the molecule is CC1CNCC(NC(=O)c2ccc(F)c(F)c2)C1. The van der Waals surface area contributed by atoms with Crippen LogP contribution < -0.4 is 10.6 Å². The van der Waals surface area contributed by atoms with Gasteiger partial charge in [-0.2, -0.15) is 0 Å². The quantitative estimate of drug-likeness (QED) is 0.843. The van der Waals surface area contributed by atoms with Gasteiger partial charge in [0.15, 0.2) is 11.6 Å². The molecule has 0 aromatic heterocycles. The molecule has 0 spiro atoms. The van der Waals surface area contributed by atoms with E-state index in [0.29, 0.717) is 12.5 Å². The van der Waals surface area contributed by atoms with Crippen LogP contribution in [0.15, 0.2) is 18.2 Å². The lowest BCUT2D eigenvalue weighted by molar-refractivity contribution is 0.0925. The minimum atomic E-state index is -1.00. The smallest absolute Gasteiger partial charge is 0.251 e.